The highest BCUT2D eigenvalue weighted by atomic mass is 35.5. The molecule has 1 aromatic rings. The molecular weight excluding hydrogens is 213 g/mol. The fourth-order valence-corrected chi connectivity index (χ4v) is 1.19. The van der Waals surface area contributed by atoms with Crippen molar-refractivity contribution in [2.24, 2.45) is 0 Å². The van der Waals surface area contributed by atoms with Crippen LogP contribution in [0.15, 0.2) is 6.20 Å². The van der Waals surface area contributed by atoms with Gasteiger partial charge in [0.1, 0.15) is 0 Å². The molecule has 0 aliphatic carbocycles. The van der Waals surface area contributed by atoms with Crippen LogP contribution in [0.5, 0.6) is 11.5 Å². The Hall–Kier alpha value is -0.670. The summed E-state index contributed by atoms with van der Waals surface area (Å²) in [6.45, 7) is 1.88. The number of aryl methyl sites for hydroxylation is 1. The van der Waals surface area contributed by atoms with Crippen LogP contribution >= 0.6 is 24.0 Å². The van der Waals surface area contributed by atoms with E-state index in [1.54, 1.807) is 13.3 Å². The van der Waals surface area contributed by atoms with Gasteiger partial charge in [0.15, 0.2) is 16.7 Å². The molecule has 0 saturated carbocycles. The Morgan fingerprint density at radius 1 is 1.23 bits per heavy atom. The third-order valence-electron chi connectivity index (χ3n) is 1.53. The highest BCUT2D eigenvalue weighted by Crippen LogP contribution is 2.35. The van der Waals surface area contributed by atoms with Gasteiger partial charge in [-0.1, -0.05) is 11.6 Å². The van der Waals surface area contributed by atoms with E-state index in [1.165, 1.54) is 7.11 Å². The minimum atomic E-state index is 0. The van der Waals surface area contributed by atoms with Crippen molar-refractivity contribution in [2.45, 2.75) is 6.92 Å². The average molecular weight is 224 g/mol. The first-order chi connectivity index (χ1) is 5.70. The van der Waals surface area contributed by atoms with E-state index in [9.17, 15) is 0 Å². The number of hydrogen-bond donors (Lipinski definition) is 0. The third-order valence-corrected chi connectivity index (χ3v) is 1.80. The summed E-state index contributed by atoms with van der Waals surface area (Å²) in [5.74, 6) is 1.12. The van der Waals surface area contributed by atoms with Crippen LogP contribution in [-0.4, -0.2) is 19.2 Å². The van der Waals surface area contributed by atoms with Crippen molar-refractivity contribution in [3.8, 4) is 11.5 Å². The summed E-state index contributed by atoms with van der Waals surface area (Å²) >= 11 is 5.76. The number of rotatable bonds is 2. The molecule has 0 saturated heterocycles. The van der Waals surface area contributed by atoms with Crippen LogP contribution in [0, 0.1) is 6.92 Å². The van der Waals surface area contributed by atoms with Gasteiger partial charge in [-0.15, -0.1) is 12.4 Å². The number of pyridine rings is 1. The highest BCUT2D eigenvalue weighted by Gasteiger charge is 2.11. The molecular formula is C8H11Cl2NO2. The summed E-state index contributed by atoms with van der Waals surface area (Å²) in [4.78, 5) is 3.92. The average Bonchev–Trinajstić information content (AvgIpc) is 2.08. The first-order valence-electron chi connectivity index (χ1n) is 3.43. The van der Waals surface area contributed by atoms with E-state index < -0.39 is 0 Å². The summed E-state index contributed by atoms with van der Waals surface area (Å²) in [5, 5.41) is 0.319. The Balaban J connectivity index is 0.00000144. The molecule has 1 rings (SSSR count). The zero-order chi connectivity index (χ0) is 9.14. The van der Waals surface area contributed by atoms with Crippen molar-refractivity contribution in [1.82, 2.24) is 4.98 Å². The fraction of sp³-hybridized carbons (Fsp3) is 0.375. The van der Waals surface area contributed by atoms with Gasteiger partial charge in [0.25, 0.3) is 0 Å². The predicted molar refractivity (Wildman–Crippen MR) is 54.3 cm³/mol. The maximum absolute atomic E-state index is 5.76. The number of hydrogen-bond acceptors (Lipinski definition) is 3. The molecule has 0 bridgehead atoms. The van der Waals surface area contributed by atoms with Crippen molar-refractivity contribution >= 4 is 24.0 Å². The maximum atomic E-state index is 5.76. The first kappa shape index (κ1) is 12.3. The Morgan fingerprint density at radius 3 is 2.15 bits per heavy atom. The number of methoxy groups -OCH3 is 2. The van der Waals surface area contributed by atoms with Crippen LogP contribution < -0.4 is 9.47 Å². The summed E-state index contributed by atoms with van der Waals surface area (Å²) in [5.41, 5.74) is 0.902. The Morgan fingerprint density at radius 2 is 1.77 bits per heavy atom. The molecule has 0 atom stereocenters. The summed E-state index contributed by atoms with van der Waals surface area (Å²) in [7, 11) is 3.10. The standard InChI is InChI=1S/C8H10ClNO2.ClH/c1-5-4-10-8(9)7(12-3)6(5)11-2;/h4H,1-3H3;1H. The van der Waals surface area contributed by atoms with Gasteiger partial charge < -0.3 is 9.47 Å². The van der Waals surface area contributed by atoms with Crippen molar-refractivity contribution in [3.05, 3.63) is 16.9 Å². The van der Waals surface area contributed by atoms with Crippen LogP contribution in [-0.2, 0) is 0 Å². The van der Waals surface area contributed by atoms with E-state index in [0.29, 0.717) is 16.7 Å². The first-order valence-corrected chi connectivity index (χ1v) is 3.81. The van der Waals surface area contributed by atoms with Crippen LogP contribution in [0.4, 0.5) is 0 Å². The number of aromatic nitrogens is 1. The molecule has 0 fully saturated rings. The van der Waals surface area contributed by atoms with Crippen molar-refractivity contribution in [1.29, 1.82) is 0 Å². The SMILES string of the molecule is COc1c(C)cnc(Cl)c1OC.Cl. The lowest BCUT2D eigenvalue weighted by Crippen LogP contribution is -1.95. The molecule has 0 spiro atoms. The van der Waals surface area contributed by atoms with E-state index in [2.05, 4.69) is 4.98 Å². The third kappa shape index (κ3) is 2.39. The zero-order valence-corrected chi connectivity index (χ0v) is 9.20. The van der Waals surface area contributed by atoms with E-state index in [1.807, 2.05) is 6.92 Å². The van der Waals surface area contributed by atoms with Gasteiger partial charge in [-0.05, 0) is 6.92 Å². The second-order valence-corrected chi connectivity index (χ2v) is 2.66. The van der Waals surface area contributed by atoms with E-state index in [0.717, 1.165) is 5.56 Å². The summed E-state index contributed by atoms with van der Waals surface area (Å²) in [6.07, 6.45) is 1.64. The maximum Gasteiger partial charge on any atom is 0.198 e. The van der Waals surface area contributed by atoms with Crippen molar-refractivity contribution < 1.29 is 9.47 Å². The number of halogens is 2. The lowest BCUT2D eigenvalue weighted by molar-refractivity contribution is 0.351. The van der Waals surface area contributed by atoms with Crippen LogP contribution in [0.3, 0.4) is 0 Å². The van der Waals surface area contributed by atoms with Crippen LogP contribution in [0.1, 0.15) is 5.56 Å². The molecule has 0 aliphatic rings. The molecule has 0 unspecified atom stereocenters. The molecule has 0 aliphatic heterocycles. The Bertz CT molecular complexity index is 263. The van der Waals surface area contributed by atoms with Gasteiger partial charge >= 0.3 is 0 Å². The number of ether oxygens (including phenoxy) is 2. The van der Waals surface area contributed by atoms with E-state index in [-0.39, 0.29) is 12.4 Å². The van der Waals surface area contributed by atoms with Gasteiger partial charge in [0, 0.05) is 11.8 Å². The van der Waals surface area contributed by atoms with Crippen LogP contribution in [0.2, 0.25) is 5.15 Å². The molecule has 13 heavy (non-hydrogen) atoms. The summed E-state index contributed by atoms with van der Waals surface area (Å²) < 4.78 is 10.1. The topological polar surface area (TPSA) is 31.4 Å². The quantitative estimate of drug-likeness (QED) is 0.723. The predicted octanol–water partition coefficient (Wildman–Crippen LogP) is 2.48. The van der Waals surface area contributed by atoms with Crippen molar-refractivity contribution in [2.75, 3.05) is 14.2 Å². The monoisotopic (exact) mass is 223 g/mol. The molecule has 1 heterocycles. The van der Waals surface area contributed by atoms with E-state index >= 15 is 0 Å². The second kappa shape index (κ2) is 5.14. The molecule has 1 aromatic heterocycles. The second-order valence-electron chi connectivity index (χ2n) is 2.30. The molecule has 74 valence electrons. The summed E-state index contributed by atoms with van der Waals surface area (Å²) in [6, 6.07) is 0. The molecule has 0 N–H and O–H groups in total. The highest BCUT2D eigenvalue weighted by molar-refractivity contribution is 6.31. The Labute approximate surface area is 88.4 Å². The van der Waals surface area contributed by atoms with Crippen LogP contribution in [0.25, 0.3) is 0 Å². The number of nitrogens with zero attached hydrogens (tertiary/aromatic N) is 1. The normalized spacial score (nSPS) is 8.92. The lowest BCUT2D eigenvalue weighted by atomic mass is 10.3. The van der Waals surface area contributed by atoms with Crippen molar-refractivity contribution in [3.63, 3.8) is 0 Å². The minimum absolute atomic E-state index is 0. The van der Waals surface area contributed by atoms with Gasteiger partial charge in [0.2, 0.25) is 0 Å². The molecule has 0 radical (unpaired) electrons. The fourth-order valence-electron chi connectivity index (χ4n) is 0.974. The van der Waals surface area contributed by atoms with Gasteiger partial charge in [-0.3, -0.25) is 0 Å². The van der Waals surface area contributed by atoms with E-state index in [4.69, 9.17) is 21.1 Å². The zero-order valence-electron chi connectivity index (χ0n) is 7.63. The minimum Gasteiger partial charge on any atom is -0.492 e. The lowest BCUT2D eigenvalue weighted by Gasteiger charge is -2.10. The molecule has 3 nitrogen and oxygen atoms in total. The van der Waals surface area contributed by atoms with Gasteiger partial charge in [-0.25, -0.2) is 4.98 Å². The largest absolute Gasteiger partial charge is 0.492 e. The Kier molecular flexibility index (Phi) is 4.88. The van der Waals surface area contributed by atoms with Gasteiger partial charge in [-0.2, -0.15) is 0 Å². The molecule has 0 amide bonds. The van der Waals surface area contributed by atoms with Gasteiger partial charge in [0.05, 0.1) is 14.2 Å². The molecule has 5 heteroatoms. The smallest absolute Gasteiger partial charge is 0.198 e. The molecule has 0 aromatic carbocycles.